The molecule has 0 heterocycles. The quantitative estimate of drug-likeness (QED) is 0.649. The molecule has 2 aromatic carbocycles. The number of carbonyl (C=O) groups is 1. The zero-order chi connectivity index (χ0) is 21.8. The van der Waals surface area contributed by atoms with Crippen molar-refractivity contribution >= 4 is 44.3 Å². The third-order valence-corrected chi connectivity index (χ3v) is 5.48. The minimum Gasteiger partial charge on any atom is -0.493 e. The highest BCUT2D eigenvalue weighted by molar-refractivity contribution is 7.73. The lowest BCUT2D eigenvalue weighted by atomic mass is 10.1. The first-order chi connectivity index (χ1) is 14.3. The Labute approximate surface area is 183 Å². The van der Waals surface area contributed by atoms with Gasteiger partial charge in [-0.15, -0.1) is 0 Å². The molecule has 0 aromatic heterocycles. The molecule has 0 radical (unpaired) electrons. The first kappa shape index (κ1) is 21.9. The van der Waals surface area contributed by atoms with Crippen molar-refractivity contribution in [3.63, 3.8) is 0 Å². The predicted molar refractivity (Wildman–Crippen MR) is 113 cm³/mol. The summed E-state index contributed by atoms with van der Waals surface area (Å²) in [4.78, 5) is 13.0. The lowest BCUT2D eigenvalue weighted by molar-refractivity contribution is 0.0963. The van der Waals surface area contributed by atoms with E-state index in [4.69, 9.17) is 32.7 Å². The molecule has 2 aromatic rings. The van der Waals surface area contributed by atoms with E-state index >= 15 is 0 Å². The first-order valence-corrected chi connectivity index (χ1v) is 10.3. The summed E-state index contributed by atoms with van der Waals surface area (Å²) >= 11 is 12.1. The molecule has 10 heteroatoms. The van der Waals surface area contributed by atoms with Crippen molar-refractivity contribution in [2.75, 3.05) is 7.11 Å². The second-order valence-corrected chi connectivity index (χ2v) is 7.85. The van der Waals surface area contributed by atoms with E-state index in [0.717, 1.165) is 6.07 Å². The summed E-state index contributed by atoms with van der Waals surface area (Å²) in [6.07, 6.45) is 4.56. The Balaban J connectivity index is 1.94. The molecule has 156 valence electrons. The molecule has 1 N–H and O–H groups in total. The van der Waals surface area contributed by atoms with Gasteiger partial charge in [-0.1, -0.05) is 29.3 Å². The Morgan fingerprint density at radius 3 is 2.53 bits per heavy atom. The summed E-state index contributed by atoms with van der Waals surface area (Å²) in [6.45, 7) is 0. The van der Waals surface area contributed by atoms with E-state index in [1.165, 1.54) is 43.5 Å². The van der Waals surface area contributed by atoms with Crippen LogP contribution in [0, 0.1) is 5.82 Å². The summed E-state index contributed by atoms with van der Waals surface area (Å²) < 4.78 is 46.6. The van der Waals surface area contributed by atoms with Gasteiger partial charge in [0.15, 0.2) is 11.5 Å². The van der Waals surface area contributed by atoms with Crippen LogP contribution in [0.1, 0.15) is 16.8 Å². The van der Waals surface area contributed by atoms with Gasteiger partial charge in [-0.2, -0.15) is 8.42 Å². The smallest absolute Gasteiger partial charge is 0.259 e. The summed E-state index contributed by atoms with van der Waals surface area (Å²) in [6, 6.07) is 6.32. The van der Waals surface area contributed by atoms with E-state index in [1.807, 2.05) is 0 Å². The molecule has 0 fully saturated rings. The van der Waals surface area contributed by atoms with Crippen LogP contribution in [0.15, 0.2) is 54.3 Å². The zero-order valence-corrected chi connectivity index (χ0v) is 17.7. The van der Waals surface area contributed by atoms with E-state index in [2.05, 4.69) is 5.32 Å². The van der Waals surface area contributed by atoms with Gasteiger partial charge in [0.05, 0.1) is 27.6 Å². The molecule has 1 amide bonds. The Bertz CT molecular complexity index is 1210. The van der Waals surface area contributed by atoms with Gasteiger partial charge in [-0.05, 0) is 30.4 Å². The largest absolute Gasteiger partial charge is 0.493 e. The maximum atomic E-state index is 13.5. The normalized spacial score (nSPS) is 12.9. The standard InChI is InChI=1S/C20H14Cl2FNO5S/c1-28-19-7-11(23)5-6-17(19)29-18-10-16(22)15(21)9-14(18)20(25)24-12-3-2-4-13(8-12)30(26)27/h2-7,9-10H,8H2,1H3,(H,24,25). The molecule has 0 saturated carbocycles. The SMILES string of the molecule is COc1cc(F)ccc1Oc1cc(Cl)c(Cl)cc1C(=O)NC1=CC=CC(=S(=O)=O)C1. The van der Waals surface area contributed by atoms with E-state index in [9.17, 15) is 17.6 Å². The Kier molecular flexibility index (Phi) is 6.81. The Morgan fingerprint density at radius 2 is 1.83 bits per heavy atom. The van der Waals surface area contributed by atoms with Crippen molar-refractivity contribution in [3.8, 4) is 17.2 Å². The average Bonchev–Trinajstić information content (AvgIpc) is 2.71. The van der Waals surface area contributed by atoms with Crippen LogP contribution >= 0.6 is 23.2 Å². The van der Waals surface area contributed by atoms with Crippen molar-refractivity contribution in [1.29, 1.82) is 0 Å². The summed E-state index contributed by atoms with van der Waals surface area (Å²) in [5, 5.41) is 2.89. The monoisotopic (exact) mass is 469 g/mol. The number of benzene rings is 2. The average molecular weight is 470 g/mol. The number of allylic oxidation sites excluding steroid dienone is 4. The first-order valence-electron chi connectivity index (χ1n) is 8.42. The molecule has 6 nitrogen and oxygen atoms in total. The lowest BCUT2D eigenvalue weighted by Crippen LogP contribution is -2.25. The highest BCUT2D eigenvalue weighted by Gasteiger charge is 2.20. The second kappa shape index (κ2) is 9.34. The fourth-order valence-corrected chi connectivity index (χ4v) is 3.41. The number of amides is 1. The Hall–Kier alpha value is -2.81. The molecule has 0 bridgehead atoms. The number of hydrogen-bond acceptors (Lipinski definition) is 5. The van der Waals surface area contributed by atoms with Crippen LogP contribution in [-0.2, 0) is 10.3 Å². The molecular formula is C20H14Cl2FNO5S. The molecule has 0 saturated heterocycles. The van der Waals surface area contributed by atoms with Crippen LogP contribution in [0.5, 0.6) is 17.2 Å². The number of ether oxygens (including phenoxy) is 2. The molecule has 30 heavy (non-hydrogen) atoms. The van der Waals surface area contributed by atoms with Crippen LogP contribution in [0.4, 0.5) is 4.39 Å². The second-order valence-electron chi connectivity index (χ2n) is 6.04. The van der Waals surface area contributed by atoms with Gasteiger partial charge in [0.1, 0.15) is 11.6 Å². The molecule has 0 unspecified atom stereocenters. The fraction of sp³-hybridized carbons (Fsp3) is 0.100. The van der Waals surface area contributed by atoms with Gasteiger partial charge in [-0.3, -0.25) is 4.79 Å². The number of carbonyl (C=O) groups excluding carboxylic acids is 1. The van der Waals surface area contributed by atoms with Crippen LogP contribution in [0.3, 0.4) is 0 Å². The number of nitrogens with one attached hydrogen (secondary N) is 1. The minimum atomic E-state index is -2.40. The molecule has 0 aliphatic heterocycles. The van der Waals surface area contributed by atoms with Crippen molar-refractivity contribution in [1.82, 2.24) is 5.32 Å². The molecule has 1 aliphatic carbocycles. The van der Waals surface area contributed by atoms with Crippen LogP contribution in [0.2, 0.25) is 10.0 Å². The Morgan fingerprint density at radius 1 is 1.10 bits per heavy atom. The maximum Gasteiger partial charge on any atom is 0.259 e. The lowest BCUT2D eigenvalue weighted by Gasteiger charge is -2.16. The number of methoxy groups -OCH3 is 1. The van der Waals surface area contributed by atoms with E-state index < -0.39 is 22.0 Å². The summed E-state index contributed by atoms with van der Waals surface area (Å²) in [7, 11) is -1.05. The van der Waals surface area contributed by atoms with E-state index in [0.29, 0.717) is 5.70 Å². The van der Waals surface area contributed by atoms with Gasteiger partial charge in [0.25, 0.3) is 5.91 Å². The van der Waals surface area contributed by atoms with Crippen molar-refractivity contribution < 1.29 is 27.1 Å². The van der Waals surface area contributed by atoms with Crippen LogP contribution < -0.4 is 14.8 Å². The van der Waals surface area contributed by atoms with Crippen molar-refractivity contribution in [3.05, 3.63) is 75.7 Å². The van der Waals surface area contributed by atoms with Crippen LogP contribution in [-0.4, -0.2) is 26.3 Å². The van der Waals surface area contributed by atoms with Crippen molar-refractivity contribution in [2.45, 2.75) is 6.42 Å². The highest BCUT2D eigenvalue weighted by Crippen LogP contribution is 2.37. The van der Waals surface area contributed by atoms with Gasteiger partial charge in [0, 0.05) is 24.3 Å². The molecule has 0 atom stereocenters. The molecular weight excluding hydrogens is 456 g/mol. The number of rotatable bonds is 5. The summed E-state index contributed by atoms with van der Waals surface area (Å²) in [5.41, 5.74) is 0.411. The fourth-order valence-electron chi connectivity index (χ4n) is 2.63. The highest BCUT2D eigenvalue weighted by atomic mass is 35.5. The third-order valence-electron chi connectivity index (χ3n) is 4.05. The van der Waals surface area contributed by atoms with Gasteiger partial charge in [-0.25, -0.2) is 4.39 Å². The number of hydrogen-bond donors (Lipinski definition) is 1. The predicted octanol–water partition coefficient (Wildman–Crippen LogP) is 4.56. The number of halogens is 3. The molecule has 1 aliphatic rings. The van der Waals surface area contributed by atoms with E-state index in [1.54, 1.807) is 6.08 Å². The minimum absolute atomic E-state index is 0.0294. The molecule has 3 rings (SSSR count). The van der Waals surface area contributed by atoms with Crippen LogP contribution in [0.25, 0.3) is 0 Å². The molecule has 0 spiro atoms. The summed E-state index contributed by atoms with van der Waals surface area (Å²) in [5.74, 6) is -0.794. The van der Waals surface area contributed by atoms with Crippen molar-refractivity contribution in [2.24, 2.45) is 0 Å². The van der Waals surface area contributed by atoms with Gasteiger partial charge in [0.2, 0.25) is 10.3 Å². The maximum absolute atomic E-state index is 13.5. The third kappa shape index (κ3) is 5.02. The topological polar surface area (TPSA) is 81.7 Å². The van der Waals surface area contributed by atoms with E-state index in [-0.39, 0.29) is 44.1 Å². The zero-order valence-electron chi connectivity index (χ0n) is 15.4. The van der Waals surface area contributed by atoms with Gasteiger partial charge < -0.3 is 14.8 Å². The van der Waals surface area contributed by atoms with Gasteiger partial charge >= 0.3 is 0 Å².